The lowest BCUT2D eigenvalue weighted by molar-refractivity contribution is -0.154. The van der Waals surface area contributed by atoms with E-state index in [4.69, 9.17) is 4.74 Å². The molecule has 3 fully saturated rings. The Balaban J connectivity index is 1.47. The Morgan fingerprint density at radius 1 is 1.25 bits per heavy atom. The molecule has 0 atom stereocenters. The van der Waals surface area contributed by atoms with Crippen molar-refractivity contribution < 1.29 is 23.9 Å². The van der Waals surface area contributed by atoms with E-state index < -0.39 is 11.6 Å². The molecule has 1 spiro atoms. The maximum Gasteiger partial charge on any atom is 0.325 e. The monoisotopic (exact) mass is 385 g/mol. The molecule has 8 nitrogen and oxygen atoms in total. The number of nitrogens with zero attached hydrogens (tertiary/aromatic N) is 2. The maximum absolute atomic E-state index is 12.8. The Hall–Kier alpha value is -2.90. The van der Waals surface area contributed by atoms with E-state index in [-0.39, 0.29) is 43.1 Å². The molecule has 1 aliphatic carbocycles. The third-order valence-electron chi connectivity index (χ3n) is 5.86. The quantitative estimate of drug-likeness (QED) is 0.627. The van der Waals surface area contributed by atoms with Gasteiger partial charge in [0.05, 0.1) is 19.6 Å². The Kier molecular flexibility index (Phi) is 4.56. The van der Waals surface area contributed by atoms with Crippen LogP contribution in [0.4, 0.5) is 10.5 Å². The van der Waals surface area contributed by atoms with Crippen molar-refractivity contribution in [2.75, 3.05) is 18.6 Å². The van der Waals surface area contributed by atoms with Crippen molar-refractivity contribution in [2.24, 2.45) is 5.92 Å². The third kappa shape index (κ3) is 3.02. The fourth-order valence-corrected chi connectivity index (χ4v) is 4.30. The lowest BCUT2D eigenvalue weighted by Gasteiger charge is -2.40. The minimum absolute atomic E-state index is 0.0978. The Bertz CT molecular complexity index is 846. The first-order valence-corrected chi connectivity index (χ1v) is 9.55. The van der Waals surface area contributed by atoms with Gasteiger partial charge in [-0.2, -0.15) is 0 Å². The Morgan fingerprint density at radius 2 is 2.04 bits per heavy atom. The SMILES string of the molecule is COC(=O)C1CC2(C1)NC(=O)N(Cc1cccc(N3CCCCC3=O)c1)C2=O. The summed E-state index contributed by atoms with van der Waals surface area (Å²) in [5.74, 6) is -0.926. The number of carbonyl (C=O) groups is 4. The third-order valence-corrected chi connectivity index (χ3v) is 5.86. The summed E-state index contributed by atoms with van der Waals surface area (Å²) in [6, 6.07) is 6.94. The first kappa shape index (κ1) is 18.5. The number of nitrogens with one attached hydrogen (secondary N) is 1. The molecule has 4 rings (SSSR count). The van der Waals surface area contributed by atoms with E-state index in [2.05, 4.69) is 5.32 Å². The predicted octanol–water partition coefficient (Wildman–Crippen LogP) is 1.58. The molecule has 1 saturated carbocycles. The van der Waals surface area contributed by atoms with Crippen LogP contribution in [-0.4, -0.2) is 47.9 Å². The first-order valence-electron chi connectivity index (χ1n) is 9.55. The highest BCUT2D eigenvalue weighted by Gasteiger charge is 2.60. The van der Waals surface area contributed by atoms with Crippen molar-refractivity contribution in [1.29, 1.82) is 0 Å². The van der Waals surface area contributed by atoms with E-state index in [9.17, 15) is 19.2 Å². The standard InChI is InChI=1S/C20H23N3O5/c1-28-17(25)14-10-20(11-14)18(26)23(19(27)21-20)12-13-5-4-6-15(9-13)22-8-3-2-7-16(22)24/h4-6,9,14H,2-3,7-8,10-12H2,1H3,(H,21,27). The molecule has 0 aromatic heterocycles. The normalized spacial score (nSPS) is 27.0. The molecule has 28 heavy (non-hydrogen) atoms. The molecule has 4 amide bonds. The van der Waals surface area contributed by atoms with Gasteiger partial charge in [0.15, 0.2) is 0 Å². The molecule has 1 aromatic carbocycles. The zero-order valence-electron chi connectivity index (χ0n) is 15.8. The lowest BCUT2D eigenvalue weighted by atomic mass is 9.68. The van der Waals surface area contributed by atoms with E-state index in [0.717, 1.165) is 24.1 Å². The van der Waals surface area contributed by atoms with Crippen LogP contribution >= 0.6 is 0 Å². The highest BCUT2D eigenvalue weighted by molar-refractivity contribution is 6.08. The summed E-state index contributed by atoms with van der Waals surface area (Å²) >= 11 is 0. The molecule has 1 aromatic rings. The van der Waals surface area contributed by atoms with Gasteiger partial charge in [0, 0.05) is 18.7 Å². The van der Waals surface area contributed by atoms with Crippen LogP contribution in [0.3, 0.4) is 0 Å². The molecular weight excluding hydrogens is 362 g/mol. The van der Waals surface area contributed by atoms with E-state index in [1.807, 2.05) is 24.3 Å². The van der Waals surface area contributed by atoms with Crippen LogP contribution in [0.1, 0.15) is 37.7 Å². The average molecular weight is 385 g/mol. The van der Waals surface area contributed by atoms with Gasteiger partial charge in [0.25, 0.3) is 5.91 Å². The van der Waals surface area contributed by atoms with E-state index >= 15 is 0 Å². The van der Waals surface area contributed by atoms with Crippen molar-refractivity contribution in [3.63, 3.8) is 0 Å². The van der Waals surface area contributed by atoms with Gasteiger partial charge >= 0.3 is 12.0 Å². The molecule has 2 heterocycles. The molecule has 0 radical (unpaired) electrons. The topological polar surface area (TPSA) is 96.0 Å². The number of benzene rings is 1. The largest absolute Gasteiger partial charge is 0.469 e. The Morgan fingerprint density at radius 3 is 2.75 bits per heavy atom. The molecule has 2 aliphatic heterocycles. The fraction of sp³-hybridized carbons (Fsp3) is 0.500. The summed E-state index contributed by atoms with van der Waals surface area (Å²) in [5, 5.41) is 2.75. The summed E-state index contributed by atoms with van der Waals surface area (Å²) < 4.78 is 4.71. The highest BCUT2D eigenvalue weighted by atomic mass is 16.5. The molecule has 0 unspecified atom stereocenters. The number of methoxy groups -OCH3 is 1. The van der Waals surface area contributed by atoms with Gasteiger partial charge in [-0.05, 0) is 43.4 Å². The summed E-state index contributed by atoms with van der Waals surface area (Å²) in [4.78, 5) is 52.0. The minimum Gasteiger partial charge on any atom is -0.469 e. The van der Waals surface area contributed by atoms with Crippen molar-refractivity contribution >= 4 is 29.5 Å². The number of ether oxygens (including phenoxy) is 1. The second-order valence-corrected chi connectivity index (χ2v) is 7.70. The zero-order valence-corrected chi connectivity index (χ0v) is 15.8. The number of imide groups is 1. The first-order chi connectivity index (χ1) is 13.4. The summed E-state index contributed by atoms with van der Waals surface area (Å²) in [6.45, 7) is 0.814. The number of rotatable bonds is 4. The van der Waals surface area contributed by atoms with Gasteiger partial charge in [0.2, 0.25) is 5.91 Å². The van der Waals surface area contributed by atoms with Gasteiger partial charge in [-0.1, -0.05) is 12.1 Å². The number of hydrogen-bond donors (Lipinski definition) is 1. The number of urea groups is 1. The van der Waals surface area contributed by atoms with Crippen LogP contribution in [0.25, 0.3) is 0 Å². The Labute approximate surface area is 162 Å². The second-order valence-electron chi connectivity index (χ2n) is 7.70. The highest BCUT2D eigenvalue weighted by Crippen LogP contribution is 2.43. The fourth-order valence-electron chi connectivity index (χ4n) is 4.30. The predicted molar refractivity (Wildman–Crippen MR) is 99.2 cm³/mol. The number of carbonyl (C=O) groups excluding carboxylic acids is 4. The van der Waals surface area contributed by atoms with Crippen molar-refractivity contribution in [2.45, 2.75) is 44.2 Å². The smallest absolute Gasteiger partial charge is 0.325 e. The molecule has 1 N–H and O–H groups in total. The van der Waals surface area contributed by atoms with E-state index in [1.165, 1.54) is 12.0 Å². The van der Waals surface area contributed by atoms with Crippen LogP contribution in [0, 0.1) is 5.92 Å². The zero-order chi connectivity index (χ0) is 19.9. The van der Waals surface area contributed by atoms with Crippen LogP contribution in [0.15, 0.2) is 24.3 Å². The molecule has 0 bridgehead atoms. The minimum atomic E-state index is -0.990. The molecule has 148 valence electrons. The summed E-state index contributed by atoms with van der Waals surface area (Å²) in [5.41, 5.74) is 0.578. The second kappa shape index (κ2) is 6.92. The van der Waals surface area contributed by atoms with Gasteiger partial charge in [-0.3, -0.25) is 19.3 Å². The molecule has 8 heteroatoms. The molecule has 2 saturated heterocycles. The maximum atomic E-state index is 12.8. The summed E-state index contributed by atoms with van der Waals surface area (Å²) in [7, 11) is 1.31. The molecular formula is C20H23N3O5. The number of amides is 4. The lowest BCUT2D eigenvalue weighted by Crippen LogP contribution is -2.58. The van der Waals surface area contributed by atoms with Gasteiger partial charge in [0.1, 0.15) is 5.54 Å². The average Bonchev–Trinajstić information content (AvgIpc) is 2.92. The summed E-state index contributed by atoms with van der Waals surface area (Å²) in [6.07, 6.45) is 2.95. The number of hydrogen-bond acceptors (Lipinski definition) is 5. The van der Waals surface area contributed by atoms with Crippen LogP contribution in [0.2, 0.25) is 0 Å². The van der Waals surface area contributed by atoms with E-state index in [0.29, 0.717) is 13.0 Å². The van der Waals surface area contributed by atoms with Crippen molar-refractivity contribution in [1.82, 2.24) is 10.2 Å². The van der Waals surface area contributed by atoms with Crippen molar-refractivity contribution in [3.8, 4) is 0 Å². The number of piperidine rings is 1. The number of anilines is 1. The van der Waals surface area contributed by atoms with Crippen LogP contribution in [0.5, 0.6) is 0 Å². The van der Waals surface area contributed by atoms with Gasteiger partial charge in [-0.15, -0.1) is 0 Å². The van der Waals surface area contributed by atoms with E-state index in [1.54, 1.807) is 4.90 Å². The van der Waals surface area contributed by atoms with Crippen molar-refractivity contribution in [3.05, 3.63) is 29.8 Å². The van der Waals surface area contributed by atoms with Crippen LogP contribution in [-0.2, 0) is 25.7 Å². The molecule has 3 aliphatic rings. The number of esters is 1. The van der Waals surface area contributed by atoms with Gasteiger partial charge in [-0.25, -0.2) is 4.79 Å². The van der Waals surface area contributed by atoms with Gasteiger partial charge < -0.3 is 15.0 Å². The van der Waals surface area contributed by atoms with Crippen LogP contribution < -0.4 is 10.2 Å².